The van der Waals surface area contributed by atoms with Crippen LogP contribution in [0.5, 0.6) is 0 Å². The normalized spacial score (nSPS) is 17.3. The number of rotatable bonds is 2. The Bertz CT molecular complexity index is 1290. The number of urea groups is 1. The predicted octanol–water partition coefficient (Wildman–Crippen LogP) is 4.60. The third kappa shape index (κ3) is 4.07. The van der Waals surface area contributed by atoms with E-state index >= 15 is 0 Å². The first kappa shape index (κ1) is 21.5. The Morgan fingerprint density at radius 1 is 0.939 bits per heavy atom. The number of pyridine rings is 1. The van der Waals surface area contributed by atoms with Gasteiger partial charge in [0.05, 0.1) is 16.8 Å². The zero-order valence-electron chi connectivity index (χ0n) is 18.3. The van der Waals surface area contributed by atoms with Crippen LogP contribution in [0, 0.1) is 0 Å². The van der Waals surface area contributed by atoms with Gasteiger partial charge in [-0.25, -0.2) is 9.78 Å². The van der Waals surface area contributed by atoms with Gasteiger partial charge in [0.2, 0.25) is 0 Å². The van der Waals surface area contributed by atoms with E-state index < -0.39 is 6.03 Å². The molecule has 7 heteroatoms. The molecule has 0 unspecified atom stereocenters. The quantitative estimate of drug-likeness (QED) is 0.606. The number of aromatic nitrogens is 1. The molecule has 2 aliphatic rings. The number of nitrogens with zero attached hydrogens (tertiary/aromatic N) is 3. The fourth-order valence-corrected chi connectivity index (χ4v) is 4.99. The third-order valence-corrected chi connectivity index (χ3v) is 6.83. The summed E-state index contributed by atoms with van der Waals surface area (Å²) in [4.78, 5) is 33.9. The van der Waals surface area contributed by atoms with Crippen LogP contribution in [0.25, 0.3) is 22.6 Å². The van der Waals surface area contributed by atoms with E-state index in [4.69, 9.17) is 22.3 Å². The van der Waals surface area contributed by atoms with Crippen molar-refractivity contribution in [3.63, 3.8) is 0 Å². The monoisotopic (exact) mass is 460 g/mol. The molecule has 2 N–H and O–H groups in total. The number of hydrogen-bond acceptors (Lipinski definition) is 3. The summed E-state index contributed by atoms with van der Waals surface area (Å²) >= 11 is 6.39. The Morgan fingerprint density at radius 2 is 1.67 bits per heavy atom. The highest BCUT2D eigenvalue weighted by Gasteiger charge is 2.30. The lowest BCUT2D eigenvalue weighted by Crippen LogP contribution is -2.40. The van der Waals surface area contributed by atoms with Crippen molar-refractivity contribution in [1.29, 1.82) is 0 Å². The number of fused-ring (bicyclic) bond motifs is 2. The molecule has 0 spiro atoms. The number of benzene rings is 2. The minimum absolute atomic E-state index is 0.00448. The molecule has 0 saturated carbocycles. The molecule has 2 aromatic carbocycles. The molecule has 33 heavy (non-hydrogen) atoms. The second kappa shape index (κ2) is 8.87. The summed E-state index contributed by atoms with van der Waals surface area (Å²) in [7, 11) is 0. The topological polar surface area (TPSA) is 79.5 Å². The molecule has 0 radical (unpaired) electrons. The minimum atomic E-state index is -0.436. The van der Waals surface area contributed by atoms with E-state index in [1.807, 2.05) is 53.4 Å². The van der Waals surface area contributed by atoms with Crippen LogP contribution in [-0.4, -0.2) is 52.9 Å². The van der Waals surface area contributed by atoms with Crippen molar-refractivity contribution in [2.24, 2.45) is 5.73 Å². The molecule has 1 fully saturated rings. The molecule has 0 atom stereocenters. The number of allylic oxidation sites excluding steroid dienone is 1. The van der Waals surface area contributed by atoms with Crippen LogP contribution in [0.2, 0.25) is 5.02 Å². The number of hydrogen-bond donors (Lipinski definition) is 1. The average Bonchev–Trinajstić information content (AvgIpc) is 3.04. The second-order valence-electron chi connectivity index (χ2n) is 8.49. The Labute approximate surface area is 197 Å². The van der Waals surface area contributed by atoms with E-state index in [0.717, 1.165) is 51.7 Å². The molecule has 6 nitrogen and oxygen atoms in total. The summed E-state index contributed by atoms with van der Waals surface area (Å²) in [5, 5.41) is 1.57. The summed E-state index contributed by atoms with van der Waals surface area (Å²) in [6, 6.07) is 15.1. The highest BCUT2D eigenvalue weighted by atomic mass is 35.5. The molecule has 2 heterocycles. The zero-order chi connectivity index (χ0) is 22.9. The average molecular weight is 461 g/mol. The number of nitrogens with two attached hydrogens (primary N) is 1. The molecule has 1 aliphatic heterocycles. The van der Waals surface area contributed by atoms with Crippen LogP contribution in [0.15, 0.2) is 48.5 Å². The summed E-state index contributed by atoms with van der Waals surface area (Å²) in [5.74, 6) is -0.00448. The lowest BCUT2D eigenvalue weighted by atomic mass is 9.99. The van der Waals surface area contributed by atoms with Gasteiger partial charge in [0.25, 0.3) is 5.91 Å². The van der Waals surface area contributed by atoms with E-state index in [0.29, 0.717) is 37.6 Å². The predicted molar refractivity (Wildman–Crippen MR) is 131 cm³/mol. The van der Waals surface area contributed by atoms with Crippen molar-refractivity contribution >= 4 is 46.1 Å². The van der Waals surface area contributed by atoms with E-state index in [1.54, 1.807) is 4.90 Å². The number of halogens is 1. The Morgan fingerprint density at radius 3 is 2.48 bits per heavy atom. The molecular weight excluding hydrogens is 436 g/mol. The molecule has 3 aromatic rings. The molecule has 3 amide bonds. The first-order chi connectivity index (χ1) is 16.0. The van der Waals surface area contributed by atoms with E-state index in [2.05, 4.69) is 6.08 Å². The van der Waals surface area contributed by atoms with Gasteiger partial charge in [0, 0.05) is 36.6 Å². The van der Waals surface area contributed by atoms with Gasteiger partial charge < -0.3 is 15.5 Å². The van der Waals surface area contributed by atoms with Crippen molar-refractivity contribution in [3.05, 3.63) is 75.9 Å². The first-order valence-electron chi connectivity index (χ1n) is 11.2. The standard InChI is InChI=1S/C26H25ClN4O2/c27-21-8-3-1-6-17(21)16-18-10-11-20-23(19-7-2-4-9-22(19)29-24(18)20)25(32)30-12-5-13-31(15-14-30)26(28)33/h1-4,6-9,16H,5,10-15H2,(H2,28,33). The SMILES string of the molecule is NC(=O)N1CCCN(C(=O)c2c3c(nc4ccccc24)C(=Cc2ccccc2Cl)CC3)CC1. The number of para-hydroxylation sites is 1. The summed E-state index contributed by atoms with van der Waals surface area (Å²) in [5.41, 5.74) is 10.9. The highest BCUT2D eigenvalue weighted by molar-refractivity contribution is 6.32. The molecule has 0 bridgehead atoms. The van der Waals surface area contributed by atoms with Crippen molar-refractivity contribution in [3.8, 4) is 0 Å². The summed E-state index contributed by atoms with van der Waals surface area (Å²) in [6.07, 6.45) is 4.35. The van der Waals surface area contributed by atoms with Gasteiger partial charge >= 0.3 is 6.03 Å². The van der Waals surface area contributed by atoms with Gasteiger partial charge in [-0.1, -0.05) is 48.0 Å². The van der Waals surface area contributed by atoms with Crippen LogP contribution in [0.1, 0.15) is 40.0 Å². The van der Waals surface area contributed by atoms with Crippen LogP contribution in [0.4, 0.5) is 4.79 Å². The molecule has 1 aliphatic carbocycles. The number of primary amides is 1. The van der Waals surface area contributed by atoms with Crippen LogP contribution in [0.3, 0.4) is 0 Å². The van der Waals surface area contributed by atoms with E-state index in [-0.39, 0.29) is 5.91 Å². The van der Waals surface area contributed by atoms with E-state index in [9.17, 15) is 9.59 Å². The van der Waals surface area contributed by atoms with Gasteiger partial charge in [-0.3, -0.25) is 4.79 Å². The maximum atomic E-state index is 13.8. The van der Waals surface area contributed by atoms with Crippen molar-refractivity contribution in [2.75, 3.05) is 26.2 Å². The highest BCUT2D eigenvalue weighted by Crippen LogP contribution is 2.38. The van der Waals surface area contributed by atoms with E-state index in [1.165, 1.54) is 0 Å². The first-order valence-corrected chi connectivity index (χ1v) is 11.6. The van der Waals surface area contributed by atoms with Crippen LogP contribution < -0.4 is 5.73 Å². The van der Waals surface area contributed by atoms with Gasteiger partial charge in [-0.2, -0.15) is 0 Å². The molecule has 1 aromatic heterocycles. The van der Waals surface area contributed by atoms with Gasteiger partial charge in [-0.15, -0.1) is 0 Å². The molecular formula is C26H25ClN4O2. The fraction of sp³-hybridized carbons (Fsp3) is 0.269. The van der Waals surface area contributed by atoms with Gasteiger partial charge in [0.15, 0.2) is 0 Å². The Hall–Kier alpha value is -3.38. The van der Waals surface area contributed by atoms with Gasteiger partial charge in [-0.05, 0) is 54.2 Å². The second-order valence-corrected chi connectivity index (χ2v) is 8.90. The number of carbonyl (C=O) groups is 2. The lowest BCUT2D eigenvalue weighted by Gasteiger charge is -2.23. The largest absolute Gasteiger partial charge is 0.351 e. The maximum absolute atomic E-state index is 13.8. The molecule has 1 saturated heterocycles. The lowest BCUT2D eigenvalue weighted by molar-refractivity contribution is 0.0763. The smallest absolute Gasteiger partial charge is 0.314 e. The maximum Gasteiger partial charge on any atom is 0.314 e. The van der Waals surface area contributed by atoms with Crippen LogP contribution >= 0.6 is 11.6 Å². The van der Waals surface area contributed by atoms with Crippen molar-refractivity contribution in [2.45, 2.75) is 19.3 Å². The summed E-state index contributed by atoms with van der Waals surface area (Å²) in [6.45, 7) is 2.08. The fourth-order valence-electron chi connectivity index (χ4n) is 4.80. The van der Waals surface area contributed by atoms with Crippen molar-refractivity contribution < 1.29 is 9.59 Å². The molecule has 168 valence electrons. The van der Waals surface area contributed by atoms with Gasteiger partial charge in [0.1, 0.15) is 0 Å². The summed E-state index contributed by atoms with van der Waals surface area (Å²) < 4.78 is 0. The molecule has 5 rings (SSSR count). The van der Waals surface area contributed by atoms with Crippen molar-refractivity contribution in [1.82, 2.24) is 14.8 Å². The third-order valence-electron chi connectivity index (χ3n) is 6.49. The number of amides is 3. The zero-order valence-corrected chi connectivity index (χ0v) is 19.0. The van der Waals surface area contributed by atoms with Crippen LogP contribution in [-0.2, 0) is 6.42 Å². The minimum Gasteiger partial charge on any atom is -0.351 e. The Kier molecular flexibility index (Phi) is 5.77. The number of carbonyl (C=O) groups excluding carboxylic acids is 2. The Balaban J connectivity index is 1.58.